The molecule has 0 saturated carbocycles. The van der Waals surface area contributed by atoms with E-state index in [0.29, 0.717) is 0 Å². The average Bonchev–Trinajstić information content (AvgIpc) is 2.35. The summed E-state index contributed by atoms with van der Waals surface area (Å²) in [4.78, 5) is 14.8. The molecule has 5 heteroatoms. The molecular formula is C6H5N3O2. The number of aromatic hydroxyl groups is 1. The van der Waals surface area contributed by atoms with Gasteiger partial charge in [0.15, 0.2) is 11.4 Å². The van der Waals surface area contributed by atoms with Crippen molar-refractivity contribution >= 4 is 5.65 Å². The molecule has 2 aromatic rings. The highest BCUT2D eigenvalue weighted by atomic mass is 16.3. The zero-order valence-electron chi connectivity index (χ0n) is 5.48. The predicted octanol–water partition coefficient (Wildman–Crippen LogP) is -0.272. The van der Waals surface area contributed by atoms with E-state index < -0.39 is 0 Å². The van der Waals surface area contributed by atoms with Crippen LogP contribution in [-0.2, 0) is 0 Å². The normalized spacial score (nSPS) is 10.5. The molecule has 0 atom stereocenters. The summed E-state index contributed by atoms with van der Waals surface area (Å²) in [6, 6.07) is 1.31. The molecule has 11 heavy (non-hydrogen) atoms. The fraction of sp³-hybridized carbons (Fsp3) is 0. The van der Waals surface area contributed by atoms with E-state index >= 15 is 0 Å². The summed E-state index contributed by atoms with van der Waals surface area (Å²) in [5.74, 6) is -0.0253. The van der Waals surface area contributed by atoms with Gasteiger partial charge in [0, 0.05) is 12.3 Å². The topological polar surface area (TPSA) is 70.4 Å². The van der Waals surface area contributed by atoms with Gasteiger partial charge in [-0.15, -0.1) is 0 Å². The highest BCUT2D eigenvalue weighted by Crippen LogP contribution is 2.10. The number of H-pyrrole nitrogens is 1. The number of hydrogen-bond donors (Lipinski definition) is 2. The molecule has 0 aromatic carbocycles. The lowest BCUT2D eigenvalue weighted by atomic mass is 10.6. The maximum Gasteiger partial charge on any atom is 0.272 e. The van der Waals surface area contributed by atoms with Gasteiger partial charge in [-0.3, -0.25) is 9.89 Å². The first-order valence-electron chi connectivity index (χ1n) is 3.03. The van der Waals surface area contributed by atoms with Gasteiger partial charge in [0.2, 0.25) is 0 Å². The molecule has 0 unspecified atom stereocenters. The summed E-state index contributed by atoms with van der Waals surface area (Å²) >= 11 is 0. The molecular weight excluding hydrogens is 146 g/mol. The number of rotatable bonds is 0. The molecule has 0 saturated heterocycles. The van der Waals surface area contributed by atoms with Gasteiger partial charge in [0.1, 0.15) is 0 Å². The van der Waals surface area contributed by atoms with E-state index in [-0.39, 0.29) is 17.0 Å². The van der Waals surface area contributed by atoms with Crippen molar-refractivity contribution in [3.63, 3.8) is 0 Å². The third kappa shape index (κ3) is 0.706. The summed E-state index contributed by atoms with van der Waals surface area (Å²) in [7, 11) is 0. The van der Waals surface area contributed by atoms with E-state index in [2.05, 4.69) is 10.1 Å². The molecule has 0 spiro atoms. The van der Waals surface area contributed by atoms with E-state index in [1.54, 1.807) is 0 Å². The second-order valence-electron chi connectivity index (χ2n) is 2.10. The second-order valence-corrected chi connectivity index (χ2v) is 2.10. The molecule has 0 radical (unpaired) electrons. The van der Waals surface area contributed by atoms with Gasteiger partial charge in [-0.2, -0.15) is 4.52 Å². The molecule has 0 fully saturated rings. The molecule has 0 aliphatic heterocycles. The van der Waals surface area contributed by atoms with Crippen LogP contribution in [0.5, 0.6) is 5.75 Å². The number of aromatic nitrogens is 3. The van der Waals surface area contributed by atoms with Crippen molar-refractivity contribution in [1.29, 1.82) is 0 Å². The van der Waals surface area contributed by atoms with Gasteiger partial charge in [-0.05, 0) is 0 Å². The fourth-order valence-electron chi connectivity index (χ4n) is 0.904. The van der Waals surface area contributed by atoms with Crippen LogP contribution in [0.1, 0.15) is 0 Å². The Hall–Kier alpha value is -1.78. The molecule has 0 amide bonds. The Morgan fingerprint density at radius 2 is 2.45 bits per heavy atom. The van der Waals surface area contributed by atoms with Crippen LogP contribution in [0.25, 0.3) is 5.65 Å². The van der Waals surface area contributed by atoms with Gasteiger partial charge in [-0.25, -0.2) is 4.98 Å². The summed E-state index contributed by atoms with van der Waals surface area (Å²) in [6.07, 6.45) is 2.66. The maximum absolute atomic E-state index is 11.0. The lowest BCUT2D eigenvalue weighted by Gasteiger charge is -1.88. The SMILES string of the molecule is O=c1ccnc2c(O)c[nH]n12. The van der Waals surface area contributed by atoms with Crippen LogP contribution < -0.4 is 5.56 Å². The first-order chi connectivity index (χ1) is 5.29. The predicted molar refractivity (Wildman–Crippen MR) is 37.5 cm³/mol. The third-order valence-corrected chi connectivity index (χ3v) is 1.41. The van der Waals surface area contributed by atoms with Crippen molar-refractivity contribution in [3.8, 4) is 5.75 Å². The van der Waals surface area contributed by atoms with Gasteiger partial charge in [-0.1, -0.05) is 0 Å². The maximum atomic E-state index is 11.0. The Morgan fingerprint density at radius 3 is 3.18 bits per heavy atom. The molecule has 0 aliphatic rings. The quantitative estimate of drug-likeness (QED) is 0.544. The Bertz CT molecular complexity index is 442. The minimum atomic E-state index is -0.240. The third-order valence-electron chi connectivity index (χ3n) is 1.41. The minimum Gasteiger partial charge on any atom is -0.503 e. The Morgan fingerprint density at radius 1 is 1.64 bits per heavy atom. The molecule has 0 bridgehead atoms. The average molecular weight is 151 g/mol. The van der Waals surface area contributed by atoms with Crippen LogP contribution in [0.15, 0.2) is 23.3 Å². The van der Waals surface area contributed by atoms with Gasteiger partial charge in [0.05, 0.1) is 6.20 Å². The monoisotopic (exact) mass is 151 g/mol. The van der Waals surface area contributed by atoms with Gasteiger partial charge < -0.3 is 5.11 Å². The summed E-state index contributed by atoms with van der Waals surface area (Å²) in [5, 5.41) is 11.6. The standard InChI is InChI=1S/C6H5N3O2/c10-4-3-8-9-5(11)1-2-7-6(4)9/h1-3,8,10H. The van der Waals surface area contributed by atoms with Crippen LogP contribution in [-0.4, -0.2) is 19.7 Å². The fourth-order valence-corrected chi connectivity index (χ4v) is 0.904. The van der Waals surface area contributed by atoms with Crippen LogP contribution in [0.4, 0.5) is 0 Å². The van der Waals surface area contributed by atoms with Crippen LogP contribution in [0, 0.1) is 0 Å². The molecule has 0 aliphatic carbocycles. The number of nitrogens with one attached hydrogen (secondary N) is 1. The number of fused-ring (bicyclic) bond motifs is 1. The summed E-state index contributed by atoms with van der Waals surface area (Å²) in [5.41, 5.74) is 0.00722. The van der Waals surface area contributed by atoms with E-state index in [1.807, 2.05) is 0 Å². The minimum absolute atomic E-state index is 0.0253. The van der Waals surface area contributed by atoms with E-state index in [1.165, 1.54) is 18.5 Å². The molecule has 2 N–H and O–H groups in total. The van der Waals surface area contributed by atoms with Crippen molar-refractivity contribution in [1.82, 2.24) is 14.6 Å². The summed E-state index contributed by atoms with van der Waals surface area (Å²) in [6.45, 7) is 0. The van der Waals surface area contributed by atoms with Crippen molar-refractivity contribution in [3.05, 3.63) is 28.8 Å². The van der Waals surface area contributed by atoms with Gasteiger partial charge in [0.25, 0.3) is 5.56 Å². The van der Waals surface area contributed by atoms with Crippen molar-refractivity contribution in [2.24, 2.45) is 0 Å². The lowest BCUT2D eigenvalue weighted by molar-refractivity contribution is 0.480. The largest absolute Gasteiger partial charge is 0.503 e. The van der Waals surface area contributed by atoms with Crippen LogP contribution in [0.2, 0.25) is 0 Å². The van der Waals surface area contributed by atoms with Crippen molar-refractivity contribution < 1.29 is 5.11 Å². The molecule has 2 rings (SSSR count). The summed E-state index contributed by atoms with van der Waals surface area (Å²) < 4.78 is 1.16. The van der Waals surface area contributed by atoms with Crippen molar-refractivity contribution in [2.75, 3.05) is 0 Å². The second kappa shape index (κ2) is 1.85. The Labute approximate surface area is 60.9 Å². The highest BCUT2D eigenvalue weighted by molar-refractivity contribution is 5.50. The molecule has 5 nitrogen and oxygen atoms in total. The zero-order chi connectivity index (χ0) is 7.84. The highest BCUT2D eigenvalue weighted by Gasteiger charge is 2.01. The number of nitrogens with zero attached hydrogens (tertiary/aromatic N) is 2. The first-order valence-corrected chi connectivity index (χ1v) is 3.03. The molecule has 2 aromatic heterocycles. The number of aromatic amines is 1. The number of hydrogen-bond acceptors (Lipinski definition) is 3. The molecule has 2 heterocycles. The van der Waals surface area contributed by atoms with E-state index in [9.17, 15) is 4.79 Å². The van der Waals surface area contributed by atoms with Crippen LogP contribution in [0.3, 0.4) is 0 Å². The van der Waals surface area contributed by atoms with Gasteiger partial charge >= 0.3 is 0 Å². The lowest BCUT2D eigenvalue weighted by Crippen LogP contribution is -2.12. The Kier molecular flexibility index (Phi) is 1.00. The molecule has 56 valence electrons. The first kappa shape index (κ1) is 5.96. The van der Waals surface area contributed by atoms with Crippen LogP contribution >= 0.6 is 0 Å². The zero-order valence-corrected chi connectivity index (χ0v) is 5.48. The smallest absolute Gasteiger partial charge is 0.272 e. The van der Waals surface area contributed by atoms with E-state index in [0.717, 1.165) is 4.52 Å². The van der Waals surface area contributed by atoms with Crippen molar-refractivity contribution in [2.45, 2.75) is 0 Å². The Balaban J connectivity index is 3.06. The van der Waals surface area contributed by atoms with E-state index in [4.69, 9.17) is 5.11 Å².